The van der Waals surface area contributed by atoms with E-state index in [0.717, 1.165) is 11.1 Å². The molecule has 0 saturated heterocycles. The van der Waals surface area contributed by atoms with Gasteiger partial charge < -0.3 is 24.0 Å². The molecule has 1 N–H and O–H groups in total. The van der Waals surface area contributed by atoms with Crippen LogP contribution in [0.4, 0.5) is 4.79 Å². The molecule has 0 fully saturated rings. The lowest BCUT2D eigenvalue weighted by molar-refractivity contribution is -0.153. The predicted molar refractivity (Wildman–Crippen MR) is 182 cm³/mol. The third kappa shape index (κ3) is 10.9. The van der Waals surface area contributed by atoms with Crippen molar-refractivity contribution in [2.45, 2.75) is 76.8 Å². The summed E-state index contributed by atoms with van der Waals surface area (Å²) in [6.07, 6.45) is 0.977. The smallest absolute Gasteiger partial charge is 0.408 e. The lowest BCUT2D eigenvalue weighted by Gasteiger charge is -2.44. The Labute approximate surface area is 273 Å². The fourth-order valence-corrected chi connectivity index (χ4v) is 5.62. The fourth-order valence-electron chi connectivity index (χ4n) is 4.31. The molecule has 9 heteroatoms. The van der Waals surface area contributed by atoms with Crippen LogP contribution in [-0.2, 0) is 30.0 Å². The molecule has 0 aliphatic rings. The Bertz CT molecular complexity index is 1450. The zero-order valence-corrected chi connectivity index (χ0v) is 28.5. The summed E-state index contributed by atoms with van der Waals surface area (Å²) < 4.78 is 24.4. The van der Waals surface area contributed by atoms with Crippen LogP contribution in [0.25, 0.3) is 6.08 Å². The zero-order valence-electron chi connectivity index (χ0n) is 27.5. The van der Waals surface area contributed by atoms with Crippen LogP contribution in [-0.4, -0.2) is 50.7 Å². The first-order valence-electron chi connectivity index (χ1n) is 15.2. The molecule has 0 unspecified atom stereocenters. The van der Waals surface area contributed by atoms with Crippen molar-refractivity contribution in [2.24, 2.45) is 0 Å². The Balaban J connectivity index is 2.12. The topological polar surface area (TPSA) is 100 Å². The van der Waals surface area contributed by atoms with Gasteiger partial charge in [-0.05, 0) is 47.5 Å². The van der Waals surface area contributed by atoms with E-state index >= 15 is 0 Å². The van der Waals surface area contributed by atoms with Crippen LogP contribution in [0.15, 0.2) is 110 Å². The monoisotopic (exact) mass is 643 g/mol. The molecule has 3 aromatic carbocycles. The molecular formula is C37H45NO7Si. The molecule has 0 radical (unpaired) electrons. The Morgan fingerprint density at radius 3 is 1.96 bits per heavy atom. The summed E-state index contributed by atoms with van der Waals surface area (Å²) in [5, 5.41) is 2.67. The Hall–Kier alpha value is -4.47. The molecule has 0 bridgehead atoms. The number of esters is 2. The molecule has 244 valence electrons. The molecular weight excluding hydrogens is 598 g/mol. The van der Waals surface area contributed by atoms with Crippen molar-refractivity contribution < 1.29 is 33.0 Å². The first-order valence-corrected chi connectivity index (χ1v) is 18.2. The molecule has 1 amide bonds. The van der Waals surface area contributed by atoms with Gasteiger partial charge in [0.1, 0.15) is 12.7 Å². The van der Waals surface area contributed by atoms with E-state index in [0.29, 0.717) is 5.56 Å². The number of hydrogen-bond acceptors (Lipinski definition) is 7. The molecule has 4 atom stereocenters. The van der Waals surface area contributed by atoms with Crippen molar-refractivity contribution in [3.05, 3.63) is 126 Å². The summed E-state index contributed by atoms with van der Waals surface area (Å²) >= 11 is 0. The van der Waals surface area contributed by atoms with Gasteiger partial charge in [0.15, 0.2) is 20.5 Å². The molecule has 3 aromatic rings. The molecule has 0 aromatic heterocycles. The second-order valence-corrected chi connectivity index (χ2v) is 17.1. The number of carbonyl (C=O) groups excluding carboxylic acids is 3. The van der Waals surface area contributed by atoms with E-state index in [1.54, 1.807) is 36.4 Å². The highest BCUT2D eigenvalue weighted by atomic mass is 28.4. The zero-order chi connectivity index (χ0) is 33.7. The maximum atomic E-state index is 13.5. The molecule has 3 rings (SSSR count). The number of amides is 1. The van der Waals surface area contributed by atoms with Gasteiger partial charge in [0.25, 0.3) is 0 Å². The van der Waals surface area contributed by atoms with Gasteiger partial charge in [-0.15, -0.1) is 0 Å². The minimum absolute atomic E-state index is 0.0463. The van der Waals surface area contributed by atoms with E-state index in [2.05, 4.69) is 45.8 Å². The van der Waals surface area contributed by atoms with E-state index in [1.807, 2.05) is 66.7 Å². The molecule has 0 heterocycles. The molecule has 8 nitrogen and oxygen atoms in total. The van der Waals surface area contributed by atoms with Gasteiger partial charge >= 0.3 is 18.0 Å². The van der Waals surface area contributed by atoms with Crippen LogP contribution >= 0.6 is 0 Å². The summed E-state index contributed by atoms with van der Waals surface area (Å²) in [4.78, 5) is 39.2. The highest BCUT2D eigenvalue weighted by molar-refractivity contribution is 6.74. The minimum Gasteiger partial charge on any atom is -0.454 e. The van der Waals surface area contributed by atoms with E-state index < -0.39 is 50.7 Å². The van der Waals surface area contributed by atoms with Crippen LogP contribution in [0.2, 0.25) is 18.1 Å². The summed E-state index contributed by atoms with van der Waals surface area (Å²) in [6, 6.07) is 26.5. The van der Waals surface area contributed by atoms with Gasteiger partial charge in [0, 0.05) is 6.92 Å². The fraction of sp³-hybridized carbons (Fsp3) is 0.324. The number of alkyl carbamates (subject to hydrolysis) is 1. The molecule has 0 saturated carbocycles. The van der Waals surface area contributed by atoms with Crippen LogP contribution in [0, 0.1) is 0 Å². The Kier molecular flexibility index (Phi) is 13.1. The van der Waals surface area contributed by atoms with E-state index in [-0.39, 0.29) is 11.6 Å². The average molecular weight is 644 g/mol. The minimum atomic E-state index is -2.64. The molecule has 0 aliphatic heterocycles. The first kappa shape index (κ1) is 36.0. The first-order chi connectivity index (χ1) is 21.8. The van der Waals surface area contributed by atoms with E-state index in [4.69, 9.17) is 18.6 Å². The highest BCUT2D eigenvalue weighted by Gasteiger charge is 2.46. The summed E-state index contributed by atoms with van der Waals surface area (Å²) in [6.45, 7) is 15.5. The summed E-state index contributed by atoms with van der Waals surface area (Å²) in [7, 11) is -2.64. The largest absolute Gasteiger partial charge is 0.454 e. The third-order valence-electron chi connectivity index (χ3n) is 7.82. The Morgan fingerprint density at radius 1 is 0.848 bits per heavy atom. The van der Waals surface area contributed by atoms with Gasteiger partial charge in [-0.1, -0.05) is 118 Å². The number of nitrogens with one attached hydrogen (secondary N) is 1. The van der Waals surface area contributed by atoms with Crippen molar-refractivity contribution in [3.8, 4) is 0 Å². The van der Waals surface area contributed by atoms with Crippen molar-refractivity contribution >= 4 is 32.4 Å². The van der Waals surface area contributed by atoms with Gasteiger partial charge in [-0.2, -0.15) is 0 Å². The van der Waals surface area contributed by atoms with Gasteiger partial charge in [-0.3, -0.25) is 4.79 Å². The number of ether oxygens (including phenoxy) is 3. The number of carbonyl (C=O) groups is 3. The van der Waals surface area contributed by atoms with Gasteiger partial charge in [0.2, 0.25) is 0 Å². The van der Waals surface area contributed by atoms with Gasteiger partial charge in [0.05, 0.1) is 11.6 Å². The highest BCUT2D eigenvalue weighted by Crippen LogP contribution is 2.39. The van der Waals surface area contributed by atoms with Crippen molar-refractivity contribution in [3.63, 3.8) is 0 Å². The second-order valence-electron chi connectivity index (χ2n) is 12.4. The predicted octanol–water partition coefficient (Wildman–Crippen LogP) is 7.73. The van der Waals surface area contributed by atoms with Crippen LogP contribution in [0.3, 0.4) is 0 Å². The van der Waals surface area contributed by atoms with Gasteiger partial charge in [-0.25, -0.2) is 9.59 Å². The van der Waals surface area contributed by atoms with Crippen molar-refractivity contribution in [1.29, 1.82) is 0 Å². The van der Waals surface area contributed by atoms with Crippen LogP contribution in [0.5, 0.6) is 0 Å². The number of benzene rings is 3. The Morgan fingerprint density at radius 2 is 1.41 bits per heavy atom. The van der Waals surface area contributed by atoms with Crippen molar-refractivity contribution in [2.75, 3.05) is 0 Å². The normalized spacial score (nSPS) is 14.4. The quantitative estimate of drug-likeness (QED) is 0.0831. The van der Waals surface area contributed by atoms with Crippen molar-refractivity contribution in [1.82, 2.24) is 5.32 Å². The maximum absolute atomic E-state index is 13.5. The van der Waals surface area contributed by atoms with E-state index in [1.165, 1.54) is 13.0 Å². The lowest BCUT2D eigenvalue weighted by Crippen LogP contribution is -2.59. The van der Waals surface area contributed by atoms with E-state index in [9.17, 15) is 14.4 Å². The second kappa shape index (κ2) is 16.7. The van der Waals surface area contributed by atoms with Crippen LogP contribution < -0.4 is 5.32 Å². The molecule has 0 aliphatic carbocycles. The SMILES string of the molecule is C=C[C@H](OC(C)=O)[C@@H](OC(=O)c1ccccc1)[C@@H](O[Si](C)(C)C(C)(C)C)[C@@H](/C=C\c1ccccc1)NC(=O)OCc1ccccc1. The lowest BCUT2D eigenvalue weighted by atomic mass is 9.99. The summed E-state index contributed by atoms with van der Waals surface area (Å²) in [5.74, 6) is -1.24. The number of rotatable bonds is 14. The maximum Gasteiger partial charge on any atom is 0.408 e. The molecule has 0 spiro atoms. The van der Waals surface area contributed by atoms with Crippen LogP contribution in [0.1, 0.15) is 49.2 Å². The molecule has 46 heavy (non-hydrogen) atoms. The standard InChI is InChI=1S/C37H45NO7Si/c1-8-32(43-27(2)39)34(44-35(40)30-22-16-11-17-23-30)33(45-46(6,7)37(3,4)5)31(25-24-28-18-12-9-13-19-28)38-36(41)42-26-29-20-14-10-15-21-29/h8-25,31-34H,1,26H2,2-7H3,(H,38,41)/b25-24-/t31-,32+,33+,34-/m1/s1. The summed E-state index contributed by atoms with van der Waals surface area (Å²) in [5.41, 5.74) is 1.99. The number of hydrogen-bond donors (Lipinski definition) is 1. The third-order valence-corrected chi connectivity index (χ3v) is 12.3. The average Bonchev–Trinajstić information content (AvgIpc) is 3.03.